The van der Waals surface area contributed by atoms with E-state index in [1.54, 1.807) is 36.4 Å². The number of pyridine rings is 1. The molecule has 2 amide bonds. The van der Waals surface area contributed by atoms with Crippen molar-refractivity contribution in [3.8, 4) is 11.1 Å². The minimum Gasteiger partial charge on any atom is -0.461 e. The Bertz CT molecular complexity index is 1060. The third-order valence-corrected chi connectivity index (χ3v) is 3.94. The van der Waals surface area contributed by atoms with Crippen molar-refractivity contribution in [1.82, 2.24) is 29.9 Å². The highest BCUT2D eigenvalue weighted by atomic mass is 16.5. The van der Waals surface area contributed by atoms with E-state index < -0.39 is 12.0 Å². The van der Waals surface area contributed by atoms with Crippen LogP contribution in [0, 0.1) is 0 Å². The third-order valence-electron chi connectivity index (χ3n) is 3.94. The SMILES string of the molecule is CCOC(=O)c1cc(-c2cnc(N(C)C)nc2)cc2nc(NC(=O)NC(C)C)nn12. The lowest BCUT2D eigenvalue weighted by atomic mass is 10.1. The second kappa shape index (κ2) is 8.72. The van der Waals surface area contributed by atoms with Crippen molar-refractivity contribution in [1.29, 1.82) is 0 Å². The van der Waals surface area contributed by atoms with Crippen molar-refractivity contribution in [2.75, 3.05) is 30.9 Å². The number of aromatic nitrogens is 5. The highest BCUT2D eigenvalue weighted by Crippen LogP contribution is 2.23. The summed E-state index contributed by atoms with van der Waals surface area (Å²) in [6, 6.07) is 2.88. The van der Waals surface area contributed by atoms with Crippen molar-refractivity contribution in [3.05, 3.63) is 30.2 Å². The Kier molecular flexibility index (Phi) is 6.09. The summed E-state index contributed by atoms with van der Waals surface area (Å²) in [7, 11) is 3.69. The van der Waals surface area contributed by atoms with Gasteiger partial charge in [0.15, 0.2) is 11.3 Å². The first-order valence-electron chi connectivity index (χ1n) is 9.43. The topological polar surface area (TPSA) is 127 Å². The molecule has 0 aliphatic rings. The highest BCUT2D eigenvalue weighted by Gasteiger charge is 2.18. The van der Waals surface area contributed by atoms with Gasteiger partial charge >= 0.3 is 12.0 Å². The maximum atomic E-state index is 12.5. The van der Waals surface area contributed by atoms with Crippen LogP contribution in [-0.4, -0.2) is 63.3 Å². The van der Waals surface area contributed by atoms with Crippen LogP contribution in [0.15, 0.2) is 24.5 Å². The van der Waals surface area contributed by atoms with Gasteiger partial charge in [-0.3, -0.25) is 5.32 Å². The number of carbonyl (C=O) groups is 2. The van der Waals surface area contributed by atoms with Gasteiger partial charge in [0.05, 0.1) is 6.61 Å². The zero-order chi connectivity index (χ0) is 21.8. The molecule has 3 aromatic rings. The van der Waals surface area contributed by atoms with Crippen LogP contribution >= 0.6 is 0 Å². The Morgan fingerprint density at radius 1 is 1.17 bits per heavy atom. The van der Waals surface area contributed by atoms with Crippen LogP contribution in [-0.2, 0) is 4.74 Å². The maximum absolute atomic E-state index is 12.5. The lowest BCUT2D eigenvalue weighted by molar-refractivity contribution is 0.0516. The third kappa shape index (κ3) is 4.62. The molecule has 0 aromatic carbocycles. The molecule has 158 valence electrons. The molecule has 30 heavy (non-hydrogen) atoms. The van der Waals surface area contributed by atoms with Gasteiger partial charge in [-0.15, -0.1) is 5.10 Å². The van der Waals surface area contributed by atoms with Gasteiger partial charge in [-0.1, -0.05) is 0 Å². The number of hydrogen-bond donors (Lipinski definition) is 2. The fourth-order valence-corrected chi connectivity index (χ4v) is 2.66. The molecule has 0 fully saturated rings. The van der Waals surface area contributed by atoms with Crippen LogP contribution in [0.2, 0.25) is 0 Å². The Hall–Kier alpha value is -3.76. The number of anilines is 2. The Morgan fingerprint density at radius 2 is 1.87 bits per heavy atom. The van der Waals surface area contributed by atoms with Crippen LogP contribution in [0.5, 0.6) is 0 Å². The monoisotopic (exact) mass is 412 g/mol. The quantitative estimate of drug-likeness (QED) is 0.588. The molecular weight excluding hydrogens is 388 g/mol. The predicted octanol–water partition coefficient (Wildman–Crippen LogP) is 1.96. The first-order chi connectivity index (χ1) is 14.3. The number of urea groups is 1. The van der Waals surface area contributed by atoms with Gasteiger partial charge in [0.2, 0.25) is 5.95 Å². The number of carbonyl (C=O) groups excluding carboxylic acids is 2. The largest absolute Gasteiger partial charge is 0.461 e. The van der Waals surface area contributed by atoms with E-state index in [2.05, 4.69) is 30.7 Å². The average molecular weight is 412 g/mol. The number of nitrogens with one attached hydrogen (secondary N) is 2. The Morgan fingerprint density at radius 3 is 2.47 bits per heavy atom. The maximum Gasteiger partial charge on any atom is 0.357 e. The number of ether oxygens (including phenoxy) is 1. The summed E-state index contributed by atoms with van der Waals surface area (Å²) < 4.78 is 6.49. The lowest BCUT2D eigenvalue weighted by Crippen LogP contribution is -2.34. The van der Waals surface area contributed by atoms with E-state index >= 15 is 0 Å². The summed E-state index contributed by atoms with van der Waals surface area (Å²) in [5.41, 5.74) is 1.91. The van der Waals surface area contributed by atoms with Crippen LogP contribution in [0.25, 0.3) is 16.8 Å². The molecule has 0 saturated carbocycles. The highest BCUT2D eigenvalue weighted by molar-refractivity contribution is 5.91. The summed E-state index contributed by atoms with van der Waals surface area (Å²) in [4.78, 5) is 39.2. The van der Waals surface area contributed by atoms with Gasteiger partial charge in [0, 0.05) is 38.1 Å². The van der Waals surface area contributed by atoms with E-state index in [0.29, 0.717) is 22.7 Å². The molecule has 0 aliphatic heterocycles. The van der Waals surface area contributed by atoms with E-state index in [1.165, 1.54) is 4.52 Å². The number of hydrogen-bond acceptors (Lipinski definition) is 8. The molecule has 3 aromatic heterocycles. The molecule has 11 heteroatoms. The molecule has 3 rings (SSSR count). The van der Waals surface area contributed by atoms with Gasteiger partial charge in [0.1, 0.15) is 0 Å². The Labute approximate surface area is 173 Å². The summed E-state index contributed by atoms with van der Waals surface area (Å²) in [6.07, 6.45) is 3.32. The van der Waals surface area contributed by atoms with Crippen molar-refractivity contribution >= 4 is 29.5 Å². The van der Waals surface area contributed by atoms with E-state index in [-0.39, 0.29) is 24.3 Å². The molecular formula is C19H24N8O3. The average Bonchev–Trinajstić information content (AvgIpc) is 3.08. The number of nitrogens with zero attached hydrogens (tertiary/aromatic N) is 6. The number of fused-ring (bicyclic) bond motifs is 1. The number of amides is 2. The fourth-order valence-electron chi connectivity index (χ4n) is 2.66. The van der Waals surface area contributed by atoms with Crippen LogP contribution in [0.1, 0.15) is 31.3 Å². The van der Waals surface area contributed by atoms with Gasteiger partial charge in [-0.2, -0.15) is 4.98 Å². The fraction of sp³-hybridized carbons (Fsp3) is 0.368. The van der Waals surface area contributed by atoms with Crippen molar-refractivity contribution in [2.24, 2.45) is 0 Å². The summed E-state index contributed by atoms with van der Waals surface area (Å²) in [6.45, 7) is 5.61. The first kappa shape index (κ1) is 21.0. The minimum atomic E-state index is -0.557. The second-order valence-electron chi connectivity index (χ2n) is 6.97. The van der Waals surface area contributed by atoms with Crippen LogP contribution in [0.4, 0.5) is 16.7 Å². The van der Waals surface area contributed by atoms with Gasteiger partial charge in [0.25, 0.3) is 5.95 Å². The molecule has 3 heterocycles. The minimum absolute atomic E-state index is 0.0473. The van der Waals surface area contributed by atoms with E-state index in [4.69, 9.17) is 4.74 Å². The van der Waals surface area contributed by atoms with E-state index in [0.717, 1.165) is 0 Å². The molecule has 0 aliphatic carbocycles. The summed E-state index contributed by atoms with van der Waals surface area (Å²) in [5, 5.41) is 9.49. The number of rotatable bonds is 6. The van der Waals surface area contributed by atoms with Crippen LogP contribution in [0.3, 0.4) is 0 Å². The predicted molar refractivity (Wildman–Crippen MR) is 112 cm³/mol. The summed E-state index contributed by atoms with van der Waals surface area (Å²) >= 11 is 0. The zero-order valence-electron chi connectivity index (χ0n) is 17.5. The molecule has 0 atom stereocenters. The normalized spacial score (nSPS) is 10.9. The zero-order valence-corrected chi connectivity index (χ0v) is 17.5. The molecule has 0 radical (unpaired) electrons. The van der Waals surface area contributed by atoms with Crippen LogP contribution < -0.4 is 15.5 Å². The molecule has 2 N–H and O–H groups in total. The number of esters is 1. The van der Waals surface area contributed by atoms with Crippen molar-refractivity contribution < 1.29 is 14.3 Å². The Balaban J connectivity index is 2.04. The van der Waals surface area contributed by atoms with Crippen molar-refractivity contribution in [3.63, 3.8) is 0 Å². The molecule has 0 saturated heterocycles. The summed E-state index contributed by atoms with van der Waals surface area (Å²) in [5.74, 6) is 0.0730. The molecule has 11 nitrogen and oxygen atoms in total. The standard InChI is InChI=1S/C19H24N8O3/c1-6-30-16(28)14-7-12(13-9-20-18(21-10-13)26(4)5)8-15-23-17(25-27(14)15)24-19(29)22-11(2)3/h7-11H,6H2,1-5H3,(H2,22,24,25,29). The van der Waals surface area contributed by atoms with Crippen molar-refractivity contribution in [2.45, 2.75) is 26.8 Å². The molecule has 0 spiro atoms. The molecule has 0 unspecified atom stereocenters. The van der Waals surface area contributed by atoms with Gasteiger partial charge in [-0.25, -0.2) is 24.1 Å². The first-order valence-corrected chi connectivity index (χ1v) is 9.43. The second-order valence-corrected chi connectivity index (χ2v) is 6.97. The lowest BCUT2D eigenvalue weighted by Gasteiger charge is -2.10. The van der Waals surface area contributed by atoms with Gasteiger partial charge < -0.3 is 15.0 Å². The smallest absolute Gasteiger partial charge is 0.357 e. The van der Waals surface area contributed by atoms with E-state index in [1.807, 2.05) is 27.9 Å². The molecule has 0 bridgehead atoms. The van der Waals surface area contributed by atoms with E-state index in [9.17, 15) is 9.59 Å². The van der Waals surface area contributed by atoms with Gasteiger partial charge in [-0.05, 0) is 38.5 Å².